The van der Waals surface area contributed by atoms with Gasteiger partial charge in [-0.15, -0.1) is 53.0 Å². The number of rotatable bonds is 6. The van der Waals surface area contributed by atoms with Crippen molar-refractivity contribution in [1.29, 1.82) is 0 Å². The monoisotopic (exact) mass is 525 g/mol. The molecule has 14 nitrogen and oxygen atoms in total. The van der Waals surface area contributed by atoms with E-state index in [2.05, 4.69) is 25.7 Å². The van der Waals surface area contributed by atoms with Crippen LogP contribution in [0, 0.1) is 0 Å². The van der Waals surface area contributed by atoms with Crippen LogP contribution in [0.5, 0.6) is 0 Å². The minimum Gasteiger partial charge on any atom is -0.477 e. The molecule has 1 aromatic heterocycles. The number of oxime groups is 1. The van der Waals surface area contributed by atoms with Crippen LogP contribution in [0.3, 0.4) is 0 Å². The van der Waals surface area contributed by atoms with Crippen molar-refractivity contribution < 1.29 is 24.7 Å². The normalized spacial score (nSPS) is 19.9. The number of fused-ring (bicyclic) bond motifs is 1. The Hall–Kier alpha value is -3.08. The van der Waals surface area contributed by atoms with E-state index in [0.29, 0.717) is 0 Å². The number of β-lactam (4-membered cyclic amide) rings is 1. The van der Waals surface area contributed by atoms with Gasteiger partial charge in [-0.1, -0.05) is 5.16 Å². The maximum absolute atomic E-state index is 12.6. The topological polar surface area (TPSA) is 235 Å². The van der Waals surface area contributed by atoms with Crippen LogP contribution in [-0.2, 0) is 14.4 Å². The van der Waals surface area contributed by atoms with E-state index in [1.165, 1.54) is 17.1 Å². The number of anilines is 1. The number of carbonyl (C=O) groups is 3. The largest absolute Gasteiger partial charge is 0.477 e. The van der Waals surface area contributed by atoms with Crippen LogP contribution in [0.1, 0.15) is 5.69 Å². The summed E-state index contributed by atoms with van der Waals surface area (Å²) in [6.07, 6.45) is 1.15. The third-order valence-corrected chi connectivity index (χ3v) is 5.93. The molecule has 2 aliphatic heterocycles. The van der Waals surface area contributed by atoms with E-state index in [0.717, 1.165) is 22.5 Å². The number of guanidine groups is 1. The molecule has 3 rings (SSSR count). The van der Waals surface area contributed by atoms with Crippen LogP contribution in [0.4, 0.5) is 5.13 Å². The molecule has 1 unspecified atom stereocenters. The first-order valence-electron chi connectivity index (χ1n) is 8.02. The summed E-state index contributed by atoms with van der Waals surface area (Å²) in [6, 6.07) is -1.03. The summed E-state index contributed by atoms with van der Waals surface area (Å²) < 4.78 is 0. The number of nitrogens with zero attached hydrogens (tertiary/aromatic N) is 5. The molecule has 0 aliphatic carbocycles. The molecule has 2 atom stereocenters. The number of halogens is 2. The van der Waals surface area contributed by atoms with Crippen LogP contribution in [-0.4, -0.2) is 73.0 Å². The van der Waals surface area contributed by atoms with E-state index in [-0.39, 0.29) is 58.6 Å². The number of carboxylic acid groups (broad SMARTS) is 1. The number of carbonyl (C=O) groups excluding carboxylic acids is 2. The Morgan fingerprint density at radius 2 is 2.03 bits per heavy atom. The Morgan fingerprint density at radius 3 is 2.56 bits per heavy atom. The lowest BCUT2D eigenvalue weighted by atomic mass is 10.0. The number of hydrogen-bond acceptors (Lipinski definition) is 11. The molecule has 0 saturated carbocycles. The number of nitrogens with one attached hydrogen (secondary N) is 1. The highest BCUT2D eigenvalue weighted by Gasteiger charge is 2.54. The lowest BCUT2D eigenvalue weighted by Gasteiger charge is -2.49. The molecule has 0 radical (unpaired) electrons. The number of carboxylic acids is 1. The predicted molar refractivity (Wildman–Crippen MR) is 123 cm³/mol. The predicted octanol–water partition coefficient (Wildman–Crippen LogP) is -1.25. The van der Waals surface area contributed by atoms with Gasteiger partial charge in [-0.3, -0.25) is 14.5 Å². The maximum atomic E-state index is 12.6. The number of thiazole rings is 1. The molecule has 0 bridgehead atoms. The van der Waals surface area contributed by atoms with Gasteiger partial charge in [0.1, 0.15) is 22.8 Å². The van der Waals surface area contributed by atoms with Crippen LogP contribution >= 0.6 is 47.9 Å². The zero-order valence-electron chi connectivity index (χ0n) is 15.7. The van der Waals surface area contributed by atoms with E-state index in [1.807, 2.05) is 0 Å². The van der Waals surface area contributed by atoms with Gasteiger partial charge in [0.2, 0.25) is 5.96 Å². The fraction of sp³-hybridized carbons (Fsp3) is 0.214. The van der Waals surface area contributed by atoms with Gasteiger partial charge < -0.3 is 32.8 Å². The van der Waals surface area contributed by atoms with Crippen LogP contribution < -0.4 is 22.5 Å². The number of nitrogen functional groups attached to an aromatic ring is 1. The van der Waals surface area contributed by atoms with Crippen molar-refractivity contribution >= 4 is 88.7 Å². The van der Waals surface area contributed by atoms with Gasteiger partial charge in [0.25, 0.3) is 11.8 Å². The molecule has 1 aromatic rings. The van der Waals surface area contributed by atoms with Gasteiger partial charge in [-0.2, -0.15) is 5.10 Å². The molecule has 2 aliphatic rings. The number of nitrogens with two attached hydrogens (primary N) is 3. The SMILES string of the molecule is Cl.Cl.NC(N)=NN=CC1=C(C(=O)O)N2C(=O)C(NC(=O)/C(=N\O)c3csc(N)n3)[C@H]2SC1. The number of aliphatic carboxylic acids is 1. The van der Waals surface area contributed by atoms with Crippen LogP contribution in [0.15, 0.2) is 32.0 Å². The first-order chi connectivity index (χ1) is 14.2. The summed E-state index contributed by atoms with van der Waals surface area (Å²) in [7, 11) is 0. The van der Waals surface area contributed by atoms with Crippen molar-refractivity contribution in [3.8, 4) is 0 Å². The minimum atomic E-state index is -1.35. The van der Waals surface area contributed by atoms with Crippen molar-refractivity contribution in [2.75, 3.05) is 11.5 Å². The number of amides is 2. The maximum Gasteiger partial charge on any atom is 0.353 e. The highest BCUT2D eigenvalue weighted by molar-refractivity contribution is 8.00. The Kier molecular flexibility index (Phi) is 9.25. The molecular formula is C14H17Cl2N9O5S2. The number of thioether (sulfide) groups is 1. The molecule has 32 heavy (non-hydrogen) atoms. The Labute approximate surface area is 200 Å². The van der Waals surface area contributed by atoms with E-state index in [4.69, 9.17) is 22.4 Å². The third-order valence-electron chi connectivity index (χ3n) is 3.95. The van der Waals surface area contributed by atoms with Gasteiger partial charge in [0.15, 0.2) is 10.8 Å². The summed E-state index contributed by atoms with van der Waals surface area (Å²) in [5, 5.41) is 31.9. The summed E-state index contributed by atoms with van der Waals surface area (Å²) in [6.45, 7) is 0. The Morgan fingerprint density at radius 1 is 1.34 bits per heavy atom. The molecule has 1 saturated heterocycles. The molecule has 3 heterocycles. The second-order valence-electron chi connectivity index (χ2n) is 5.83. The first kappa shape index (κ1) is 27.0. The van der Waals surface area contributed by atoms with Crippen molar-refractivity contribution in [3.05, 3.63) is 22.3 Å². The Balaban J connectivity index is 0.00000256. The van der Waals surface area contributed by atoms with E-state index in [9.17, 15) is 19.5 Å². The molecule has 0 spiro atoms. The van der Waals surface area contributed by atoms with Crippen molar-refractivity contribution in [3.63, 3.8) is 0 Å². The van der Waals surface area contributed by atoms with Gasteiger partial charge in [-0.25, -0.2) is 9.78 Å². The van der Waals surface area contributed by atoms with Gasteiger partial charge in [0.05, 0.1) is 6.21 Å². The van der Waals surface area contributed by atoms with Gasteiger partial charge in [0, 0.05) is 16.7 Å². The summed E-state index contributed by atoms with van der Waals surface area (Å²) in [5.74, 6) is -2.99. The lowest BCUT2D eigenvalue weighted by Crippen LogP contribution is -2.71. The second-order valence-corrected chi connectivity index (χ2v) is 7.82. The molecule has 2 amide bonds. The summed E-state index contributed by atoms with van der Waals surface area (Å²) in [5.41, 5.74) is 15.4. The summed E-state index contributed by atoms with van der Waals surface area (Å²) >= 11 is 2.25. The highest BCUT2D eigenvalue weighted by atomic mass is 35.5. The van der Waals surface area contributed by atoms with Crippen molar-refractivity contribution in [1.82, 2.24) is 15.2 Å². The molecule has 1 fully saturated rings. The van der Waals surface area contributed by atoms with Crippen LogP contribution in [0.25, 0.3) is 0 Å². The quantitative estimate of drug-likeness (QED) is 0.0846. The smallest absolute Gasteiger partial charge is 0.353 e. The van der Waals surface area contributed by atoms with Crippen molar-refractivity contribution in [2.45, 2.75) is 11.4 Å². The minimum absolute atomic E-state index is 0. The fourth-order valence-corrected chi connectivity index (χ4v) is 4.57. The van der Waals surface area contributed by atoms with E-state index in [1.54, 1.807) is 0 Å². The highest BCUT2D eigenvalue weighted by Crippen LogP contribution is 2.39. The third kappa shape index (κ3) is 5.21. The van der Waals surface area contributed by atoms with Gasteiger partial charge in [-0.05, 0) is 0 Å². The van der Waals surface area contributed by atoms with Gasteiger partial charge >= 0.3 is 5.97 Å². The van der Waals surface area contributed by atoms with E-state index >= 15 is 0 Å². The Bertz CT molecular complexity index is 1040. The fourth-order valence-electron chi connectivity index (χ4n) is 2.73. The lowest BCUT2D eigenvalue weighted by molar-refractivity contribution is -0.150. The zero-order chi connectivity index (χ0) is 22.0. The zero-order valence-corrected chi connectivity index (χ0v) is 19.0. The van der Waals surface area contributed by atoms with Crippen molar-refractivity contribution in [2.24, 2.45) is 26.8 Å². The molecular weight excluding hydrogens is 509 g/mol. The standard InChI is InChI=1S/C14H15N9O5S2.2ClH/c15-13(16)21-18-1-4-2-29-11-7(10(25)23(11)8(4)12(26)27)20-9(24)6(22-28)5-3-30-14(17)19-5;;/h1,3,7,11,28H,2H2,(H2,17,19)(H,20,24)(H,26,27)(H4,15,16,21);2*1H/b18-1?,22-6-;;/t7?,11-;;/m1../s1. The van der Waals surface area contributed by atoms with Crippen LogP contribution in [0.2, 0.25) is 0 Å². The second kappa shape index (κ2) is 11.0. The summed E-state index contributed by atoms with van der Waals surface area (Å²) in [4.78, 5) is 41.6. The average molecular weight is 526 g/mol. The average Bonchev–Trinajstić information content (AvgIpc) is 3.11. The molecule has 9 N–H and O–H groups in total. The first-order valence-corrected chi connectivity index (χ1v) is 9.94. The molecule has 18 heteroatoms. The number of hydrogen-bond donors (Lipinski definition) is 6. The molecule has 174 valence electrons. The molecule has 0 aromatic carbocycles. The number of aromatic nitrogens is 1. The van der Waals surface area contributed by atoms with E-state index < -0.39 is 34.9 Å².